The Kier molecular flexibility index (Phi) is 9.60. The number of carbonyl (C=O) groups is 1. The second-order valence-corrected chi connectivity index (χ2v) is 5.89. The smallest absolute Gasteiger partial charge is 0.394 e. The molecular formula is C10H21O13P. The Morgan fingerprint density at radius 3 is 1.83 bits per heavy atom. The van der Waals surface area contributed by atoms with Crippen LogP contribution in [-0.4, -0.2) is 112 Å². The summed E-state index contributed by atoms with van der Waals surface area (Å²) in [6, 6.07) is 0. The largest absolute Gasteiger partial charge is 0.466 e. The van der Waals surface area contributed by atoms with Crippen molar-refractivity contribution in [3.05, 3.63) is 0 Å². The van der Waals surface area contributed by atoms with Gasteiger partial charge in [0.15, 0.2) is 5.78 Å². The highest BCUT2D eigenvalue weighted by molar-refractivity contribution is 7.45. The maximum atomic E-state index is 11.7. The van der Waals surface area contributed by atoms with Crippen LogP contribution in [0.25, 0.3) is 0 Å². The van der Waals surface area contributed by atoms with Gasteiger partial charge in [-0.3, -0.25) is 4.79 Å². The molecule has 0 aromatic heterocycles. The predicted molar refractivity (Wildman–Crippen MR) is 72.1 cm³/mol. The topological polar surface area (TPSA) is 246 Å². The van der Waals surface area contributed by atoms with Crippen molar-refractivity contribution in [3.8, 4) is 0 Å². The van der Waals surface area contributed by atoms with E-state index in [2.05, 4.69) is 0 Å². The first-order valence-corrected chi connectivity index (χ1v) is 8.01. The Bertz CT molecular complexity index is 430. The summed E-state index contributed by atoms with van der Waals surface area (Å²) in [5.41, 5.74) is 0. The van der Waals surface area contributed by atoms with E-state index >= 15 is 0 Å². The first-order chi connectivity index (χ1) is 10.8. The van der Waals surface area contributed by atoms with Gasteiger partial charge in [-0.1, -0.05) is 0 Å². The molecule has 14 heteroatoms. The van der Waals surface area contributed by atoms with Crippen LogP contribution >= 0.6 is 7.82 Å². The number of rotatable bonds is 6. The lowest BCUT2D eigenvalue weighted by Gasteiger charge is -2.23. The average Bonchev–Trinajstić information content (AvgIpc) is 2.78. The number of aliphatic hydroxyl groups is 7. The summed E-state index contributed by atoms with van der Waals surface area (Å²) in [4.78, 5) is 33.3. The molecule has 144 valence electrons. The van der Waals surface area contributed by atoms with Crippen molar-refractivity contribution >= 4 is 13.6 Å². The van der Waals surface area contributed by atoms with Crippen LogP contribution in [-0.2, 0) is 14.1 Å². The molecule has 24 heavy (non-hydrogen) atoms. The summed E-state index contributed by atoms with van der Waals surface area (Å²) in [7, 11) is -4.64. The second-order valence-electron chi connectivity index (χ2n) is 4.86. The zero-order chi connectivity index (χ0) is 19.2. The van der Waals surface area contributed by atoms with Gasteiger partial charge in [-0.2, -0.15) is 0 Å². The summed E-state index contributed by atoms with van der Waals surface area (Å²) in [6.45, 7) is -1.51. The highest BCUT2D eigenvalue weighted by Gasteiger charge is 2.48. The van der Waals surface area contributed by atoms with Crippen LogP contribution in [0.3, 0.4) is 0 Å². The van der Waals surface area contributed by atoms with Crippen LogP contribution in [0.4, 0.5) is 0 Å². The Balaban J connectivity index is 0.000000922. The van der Waals surface area contributed by atoms with Crippen LogP contribution in [0.1, 0.15) is 0 Å². The first kappa shape index (κ1) is 23.5. The van der Waals surface area contributed by atoms with Gasteiger partial charge in [0.2, 0.25) is 0 Å². The van der Waals surface area contributed by atoms with Gasteiger partial charge in [-0.25, -0.2) is 4.57 Å². The Morgan fingerprint density at radius 2 is 1.50 bits per heavy atom. The van der Waals surface area contributed by atoms with Crippen molar-refractivity contribution in [3.63, 3.8) is 0 Å². The zero-order valence-corrected chi connectivity index (χ0v) is 13.0. The van der Waals surface area contributed by atoms with E-state index in [0.717, 1.165) is 0 Å². The molecule has 1 rings (SSSR count). The van der Waals surface area contributed by atoms with Gasteiger partial charge >= 0.3 is 7.82 Å². The third kappa shape index (κ3) is 7.14. The molecule has 1 fully saturated rings. The summed E-state index contributed by atoms with van der Waals surface area (Å²) in [6.07, 6.45) is -11.8. The van der Waals surface area contributed by atoms with Crippen molar-refractivity contribution in [1.82, 2.24) is 0 Å². The number of aliphatic hydroxyl groups excluding tert-OH is 7. The number of ether oxygens (including phenoxy) is 1. The molecule has 0 amide bonds. The third-order valence-electron chi connectivity index (χ3n) is 3.02. The van der Waals surface area contributed by atoms with Crippen molar-refractivity contribution in [2.75, 3.05) is 13.2 Å². The molecule has 13 nitrogen and oxygen atoms in total. The summed E-state index contributed by atoms with van der Waals surface area (Å²) < 4.78 is 13.7. The number of ketones is 1. The van der Waals surface area contributed by atoms with Gasteiger partial charge in [0, 0.05) is 0 Å². The average molecular weight is 380 g/mol. The molecule has 0 saturated carbocycles. The minimum atomic E-state index is -4.64. The van der Waals surface area contributed by atoms with Crippen LogP contribution < -0.4 is 0 Å². The summed E-state index contributed by atoms with van der Waals surface area (Å²) in [5.74, 6) is -1.16. The fraction of sp³-hybridized carbons (Fsp3) is 0.900. The molecule has 0 aromatic rings. The lowest BCUT2D eigenvalue weighted by molar-refractivity contribution is -0.154. The van der Waals surface area contributed by atoms with E-state index in [-0.39, 0.29) is 0 Å². The van der Waals surface area contributed by atoms with Gasteiger partial charge in [0.25, 0.3) is 0 Å². The quantitative estimate of drug-likeness (QED) is 0.193. The van der Waals surface area contributed by atoms with E-state index in [9.17, 15) is 25.2 Å². The SMILES string of the molecule is O=C(C(O)C(O)C(O)CO)C1O[C@H](CO)[C@@H](O)[C@H]1O.O=P(O)(O)O. The molecule has 1 saturated heterocycles. The molecule has 0 spiro atoms. The van der Waals surface area contributed by atoms with Gasteiger partial charge < -0.3 is 55.2 Å². The van der Waals surface area contributed by atoms with Crippen LogP contribution in [0.15, 0.2) is 0 Å². The highest BCUT2D eigenvalue weighted by Crippen LogP contribution is 2.26. The maximum absolute atomic E-state index is 11.7. The third-order valence-corrected chi connectivity index (χ3v) is 3.02. The second kappa shape index (κ2) is 9.82. The molecule has 0 bridgehead atoms. The number of carbonyl (C=O) groups excluding carboxylic acids is 1. The summed E-state index contributed by atoms with van der Waals surface area (Å²) >= 11 is 0. The van der Waals surface area contributed by atoms with E-state index in [1.54, 1.807) is 0 Å². The van der Waals surface area contributed by atoms with Gasteiger partial charge in [0.1, 0.15) is 42.7 Å². The minimum absolute atomic E-state index is 0.639. The molecule has 7 atom stereocenters. The highest BCUT2D eigenvalue weighted by atomic mass is 31.2. The molecule has 0 aromatic carbocycles. The monoisotopic (exact) mass is 380 g/mol. The molecule has 1 aliphatic heterocycles. The predicted octanol–water partition coefficient (Wildman–Crippen LogP) is -5.82. The van der Waals surface area contributed by atoms with Crippen LogP contribution in [0.5, 0.6) is 0 Å². The van der Waals surface area contributed by atoms with E-state index < -0.39 is 69.5 Å². The molecule has 1 heterocycles. The Hall–Kier alpha value is -0.540. The molecular weight excluding hydrogens is 359 g/mol. The normalized spacial score (nSPS) is 30.9. The molecule has 1 aliphatic rings. The molecule has 0 radical (unpaired) electrons. The Labute approximate surface area is 135 Å². The number of phosphoric acid groups is 1. The maximum Gasteiger partial charge on any atom is 0.466 e. The fourth-order valence-electron chi connectivity index (χ4n) is 1.79. The van der Waals surface area contributed by atoms with Gasteiger partial charge in [0.05, 0.1) is 13.2 Å². The van der Waals surface area contributed by atoms with Crippen LogP contribution in [0.2, 0.25) is 0 Å². The van der Waals surface area contributed by atoms with Crippen molar-refractivity contribution < 1.29 is 64.5 Å². The zero-order valence-electron chi connectivity index (χ0n) is 12.1. The fourth-order valence-corrected chi connectivity index (χ4v) is 1.79. The van der Waals surface area contributed by atoms with Gasteiger partial charge in [-0.05, 0) is 0 Å². The number of hydrogen-bond acceptors (Lipinski definition) is 10. The van der Waals surface area contributed by atoms with Gasteiger partial charge in [-0.15, -0.1) is 0 Å². The molecule has 4 unspecified atom stereocenters. The standard InChI is InChI=1S/C10H18O9.H3O4P/c11-1-3(13)5(14)7(16)9(18)10-8(17)6(15)4(2-12)19-10;1-5(2,3)4/h3-8,10-17H,1-2H2;(H3,1,2,3,4)/t3?,4-,5?,6-,7?,8-,10?;/m1./s1. The van der Waals surface area contributed by atoms with E-state index in [4.69, 9.17) is 39.3 Å². The molecule has 0 aliphatic carbocycles. The first-order valence-electron chi connectivity index (χ1n) is 6.44. The van der Waals surface area contributed by atoms with Crippen molar-refractivity contribution in [1.29, 1.82) is 0 Å². The van der Waals surface area contributed by atoms with Crippen molar-refractivity contribution in [2.24, 2.45) is 0 Å². The van der Waals surface area contributed by atoms with E-state index in [1.165, 1.54) is 0 Å². The van der Waals surface area contributed by atoms with E-state index in [0.29, 0.717) is 0 Å². The number of hydrogen-bond donors (Lipinski definition) is 10. The lowest BCUT2D eigenvalue weighted by Crippen LogP contribution is -2.50. The molecule has 10 N–H and O–H groups in total. The van der Waals surface area contributed by atoms with Crippen molar-refractivity contribution in [2.45, 2.75) is 42.7 Å². The lowest BCUT2D eigenvalue weighted by atomic mass is 9.97. The number of Topliss-reactive ketones (excluding diaryl/α,β-unsaturated/α-hetero) is 1. The van der Waals surface area contributed by atoms with Crippen LogP contribution in [0, 0.1) is 0 Å². The van der Waals surface area contributed by atoms with E-state index in [1.807, 2.05) is 0 Å². The summed E-state index contributed by atoms with van der Waals surface area (Å²) in [5, 5.41) is 64.4. The Morgan fingerprint density at radius 1 is 1.04 bits per heavy atom. The minimum Gasteiger partial charge on any atom is -0.394 e.